The van der Waals surface area contributed by atoms with Crippen LogP contribution in [0.3, 0.4) is 0 Å². The zero-order valence-corrected chi connectivity index (χ0v) is 15.7. The quantitative estimate of drug-likeness (QED) is 0.754. The predicted octanol–water partition coefficient (Wildman–Crippen LogP) is 2.36. The summed E-state index contributed by atoms with van der Waals surface area (Å²) >= 11 is 0. The molecule has 2 N–H and O–H groups in total. The van der Waals surface area contributed by atoms with Crippen LogP contribution in [0.15, 0.2) is 53.6 Å². The number of hydrogen-bond donors (Lipinski definition) is 2. The normalized spacial score (nSPS) is 16.6. The molecule has 0 radical (unpaired) electrons. The van der Waals surface area contributed by atoms with Crippen LogP contribution in [0.25, 0.3) is 0 Å². The Hall–Kier alpha value is -2.45. The van der Waals surface area contributed by atoms with Crippen LogP contribution < -0.4 is 5.32 Å². The maximum absolute atomic E-state index is 12.6. The second kappa shape index (κ2) is 8.49. The molecule has 1 saturated heterocycles. The third kappa shape index (κ3) is 4.84. The first-order valence-electron chi connectivity index (χ1n) is 8.96. The minimum atomic E-state index is -3.55. The van der Waals surface area contributed by atoms with E-state index in [0.29, 0.717) is 25.3 Å². The first kappa shape index (κ1) is 19.3. The Morgan fingerprint density at radius 1 is 1.11 bits per heavy atom. The number of benzene rings is 1. The van der Waals surface area contributed by atoms with Gasteiger partial charge in [-0.3, -0.25) is 0 Å². The van der Waals surface area contributed by atoms with E-state index < -0.39 is 22.0 Å². The van der Waals surface area contributed by atoms with Crippen LogP contribution in [0.2, 0.25) is 0 Å². The number of carboxylic acids is 1. The number of aromatic nitrogens is 1. The molecule has 0 spiro atoms. The Labute approximate surface area is 159 Å². The molecule has 27 heavy (non-hydrogen) atoms. The Morgan fingerprint density at radius 3 is 2.41 bits per heavy atom. The summed E-state index contributed by atoms with van der Waals surface area (Å²) in [6, 6.07) is 11.4. The monoisotopic (exact) mass is 389 g/mol. The lowest BCUT2D eigenvalue weighted by Crippen LogP contribution is -2.35. The number of nitrogens with one attached hydrogen (secondary N) is 1. The van der Waals surface area contributed by atoms with E-state index in [9.17, 15) is 18.3 Å². The van der Waals surface area contributed by atoms with Gasteiger partial charge in [-0.2, -0.15) is 4.31 Å². The smallest absolute Gasteiger partial charge is 0.326 e. The van der Waals surface area contributed by atoms with E-state index in [1.807, 2.05) is 30.3 Å². The molecule has 1 fully saturated rings. The molecule has 8 heteroatoms. The summed E-state index contributed by atoms with van der Waals surface area (Å²) in [4.78, 5) is 15.8. The van der Waals surface area contributed by atoms with Crippen LogP contribution >= 0.6 is 0 Å². The van der Waals surface area contributed by atoms with Crippen LogP contribution in [-0.4, -0.2) is 47.9 Å². The maximum Gasteiger partial charge on any atom is 0.326 e. The molecule has 0 bridgehead atoms. The number of hydrogen-bond acceptors (Lipinski definition) is 5. The lowest BCUT2D eigenvalue weighted by atomic mass is 10.1. The molecule has 0 unspecified atom stereocenters. The van der Waals surface area contributed by atoms with Crippen molar-refractivity contribution >= 4 is 21.8 Å². The van der Waals surface area contributed by atoms with Crippen molar-refractivity contribution in [2.24, 2.45) is 0 Å². The molecule has 3 rings (SSSR count). The largest absolute Gasteiger partial charge is 0.480 e. The summed E-state index contributed by atoms with van der Waals surface area (Å²) in [5, 5.41) is 12.3. The molecular formula is C19H23N3O4S. The molecule has 1 aliphatic heterocycles. The maximum atomic E-state index is 12.6. The van der Waals surface area contributed by atoms with Crippen molar-refractivity contribution in [3.63, 3.8) is 0 Å². The summed E-state index contributed by atoms with van der Waals surface area (Å²) in [5.41, 5.74) is 0.890. The summed E-state index contributed by atoms with van der Waals surface area (Å²) in [7, 11) is -3.55. The van der Waals surface area contributed by atoms with Gasteiger partial charge in [0.05, 0.1) is 0 Å². The van der Waals surface area contributed by atoms with Gasteiger partial charge in [0.2, 0.25) is 10.0 Å². The van der Waals surface area contributed by atoms with Gasteiger partial charge >= 0.3 is 5.97 Å². The Bertz CT molecular complexity index is 864. The molecule has 1 aromatic heterocycles. The fraction of sp³-hybridized carbons (Fsp3) is 0.368. The van der Waals surface area contributed by atoms with E-state index in [1.54, 1.807) is 0 Å². The Morgan fingerprint density at radius 2 is 1.81 bits per heavy atom. The summed E-state index contributed by atoms with van der Waals surface area (Å²) in [5.74, 6) is -0.665. The van der Waals surface area contributed by atoms with E-state index in [2.05, 4.69) is 10.3 Å². The summed E-state index contributed by atoms with van der Waals surface area (Å²) < 4.78 is 26.8. The third-order valence-electron chi connectivity index (χ3n) is 4.59. The average molecular weight is 389 g/mol. The molecule has 7 nitrogen and oxygen atoms in total. The number of sulfonamides is 1. The SMILES string of the molecule is O=C(O)[C@H](Cc1ccccc1)Nc1ccc(S(=O)(=O)N2CCCCC2)cn1. The van der Waals surface area contributed by atoms with Crippen molar-refractivity contribution in [1.82, 2.24) is 9.29 Å². The van der Waals surface area contributed by atoms with Gasteiger partial charge in [0, 0.05) is 25.7 Å². The topological polar surface area (TPSA) is 99.6 Å². The van der Waals surface area contributed by atoms with E-state index in [1.165, 1.54) is 22.6 Å². The van der Waals surface area contributed by atoms with E-state index in [-0.39, 0.29) is 4.90 Å². The van der Waals surface area contributed by atoms with Crippen molar-refractivity contribution in [2.75, 3.05) is 18.4 Å². The second-order valence-electron chi connectivity index (χ2n) is 6.57. The molecule has 2 aromatic rings. The molecule has 0 amide bonds. The van der Waals surface area contributed by atoms with Crippen LogP contribution in [0.5, 0.6) is 0 Å². The number of aliphatic carboxylic acids is 1. The number of nitrogens with zero attached hydrogens (tertiary/aromatic N) is 2. The molecule has 1 aliphatic rings. The van der Waals surface area contributed by atoms with Gasteiger partial charge in [-0.1, -0.05) is 36.8 Å². The van der Waals surface area contributed by atoms with Crippen LogP contribution in [0, 0.1) is 0 Å². The van der Waals surface area contributed by atoms with Gasteiger partial charge in [0.25, 0.3) is 0 Å². The summed E-state index contributed by atoms with van der Waals surface area (Å²) in [6.45, 7) is 1.06. The Kier molecular flexibility index (Phi) is 6.08. The average Bonchev–Trinajstić information content (AvgIpc) is 2.69. The highest BCUT2D eigenvalue weighted by Gasteiger charge is 2.26. The minimum absolute atomic E-state index is 0.130. The van der Waals surface area contributed by atoms with E-state index in [0.717, 1.165) is 24.8 Å². The minimum Gasteiger partial charge on any atom is -0.480 e. The number of carbonyl (C=O) groups is 1. The van der Waals surface area contributed by atoms with Gasteiger partial charge in [-0.15, -0.1) is 0 Å². The van der Waals surface area contributed by atoms with Crippen molar-refractivity contribution in [2.45, 2.75) is 36.6 Å². The van der Waals surface area contributed by atoms with E-state index in [4.69, 9.17) is 0 Å². The van der Waals surface area contributed by atoms with Gasteiger partial charge < -0.3 is 10.4 Å². The van der Waals surface area contributed by atoms with Crippen molar-refractivity contribution in [3.05, 3.63) is 54.2 Å². The van der Waals surface area contributed by atoms with Crippen molar-refractivity contribution in [1.29, 1.82) is 0 Å². The molecular weight excluding hydrogens is 366 g/mol. The first-order chi connectivity index (χ1) is 13.0. The van der Waals surface area contributed by atoms with E-state index >= 15 is 0 Å². The highest BCUT2D eigenvalue weighted by atomic mass is 32.2. The molecule has 1 aromatic carbocycles. The van der Waals surface area contributed by atoms with Crippen molar-refractivity contribution < 1.29 is 18.3 Å². The number of carboxylic acid groups (broad SMARTS) is 1. The number of piperidine rings is 1. The molecule has 1 atom stereocenters. The standard InChI is InChI=1S/C19H23N3O4S/c23-19(24)17(13-15-7-3-1-4-8-15)21-18-10-9-16(14-20-18)27(25,26)22-11-5-2-6-12-22/h1,3-4,7-10,14,17H,2,5-6,11-13H2,(H,20,21)(H,23,24)/t17-/m0/s1. The Balaban J connectivity index is 1.71. The first-order valence-corrected chi connectivity index (χ1v) is 10.4. The van der Waals surface area contributed by atoms with Crippen LogP contribution in [-0.2, 0) is 21.2 Å². The van der Waals surface area contributed by atoms with Gasteiger partial charge in [0.1, 0.15) is 16.8 Å². The lowest BCUT2D eigenvalue weighted by Gasteiger charge is -2.25. The summed E-state index contributed by atoms with van der Waals surface area (Å²) in [6.07, 6.45) is 4.36. The van der Waals surface area contributed by atoms with Gasteiger partial charge in [-0.25, -0.2) is 18.2 Å². The van der Waals surface area contributed by atoms with Crippen molar-refractivity contribution in [3.8, 4) is 0 Å². The third-order valence-corrected chi connectivity index (χ3v) is 6.47. The highest BCUT2D eigenvalue weighted by Crippen LogP contribution is 2.21. The van der Waals surface area contributed by atoms with Crippen LogP contribution in [0.1, 0.15) is 24.8 Å². The zero-order valence-electron chi connectivity index (χ0n) is 14.9. The molecule has 0 saturated carbocycles. The zero-order chi connectivity index (χ0) is 19.3. The number of rotatable bonds is 7. The predicted molar refractivity (Wildman–Crippen MR) is 102 cm³/mol. The number of pyridine rings is 1. The number of anilines is 1. The second-order valence-corrected chi connectivity index (χ2v) is 8.51. The molecule has 144 valence electrons. The van der Waals surface area contributed by atoms with Gasteiger partial charge in [0.15, 0.2) is 0 Å². The fourth-order valence-electron chi connectivity index (χ4n) is 3.10. The lowest BCUT2D eigenvalue weighted by molar-refractivity contribution is -0.137. The molecule has 2 heterocycles. The fourth-order valence-corrected chi connectivity index (χ4v) is 4.56. The van der Waals surface area contributed by atoms with Crippen LogP contribution in [0.4, 0.5) is 5.82 Å². The highest BCUT2D eigenvalue weighted by molar-refractivity contribution is 7.89. The van der Waals surface area contributed by atoms with Gasteiger partial charge in [-0.05, 0) is 30.5 Å². The molecule has 0 aliphatic carbocycles.